The van der Waals surface area contributed by atoms with Crippen molar-refractivity contribution in [3.8, 4) is 45.4 Å². The largest absolute Gasteiger partial charge is 0.264 e. The minimum Gasteiger partial charge on any atom is -0.264 e. The highest BCUT2D eigenvalue weighted by atomic mass is 15.0. The first-order chi connectivity index (χ1) is 20.8. The van der Waals surface area contributed by atoms with Crippen LogP contribution < -0.4 is 0 Å². The molecular weight excluding hydrogens is 514 g/mol. The lowest BCUT2D eigenvalue weighted by atomic mass is 10.0. The molecule has 0 amide bonds. The molecule has 0 atom stereocenters. The van der Waals surface area contributed by atoms with Gasteiger partial charge in [-0.05, 0) is 57.3 Å². The maximum atomic E-state index is 4.96. The van der Waals surface area contributed by atoms with Gasteiger partial charge in [-0.2, -0.15) is 0 Å². The Labute approximate surface area is 242 Å². The normalized spacial score (nSPS) is 11.3. The monoisotopic (exact) mass is 537 g/mol. The molecule has 42 heavy (non-hydrogen) atoms. The third kappa shape index (κ3) is 4.34. The van der Waals surface area contributed by atoms with E-state index in [0.29, 0.717) is 17.5 Å². The molecule has 5 heteroatoms. The van der Waals surface area contributed by atoms with Gasteiger partial charge >= 0.3 is 0 Å². The summed E-state index contributed by atoms with van der Waals surface area (Å²) in [5, 5.41) is 6.82. The minimum absolute atomic E-state index is 0.579. The number of hydrogen-bond donors (Lipinski definition) is 0. The number of benzene rings is 5. The van der Waals surface area contributed by atoms with E-state index in [-0.39, 0.29) is 0 Å². The Balaban J connectivity index is 1.27. The number of aromatic nitrogens is 5. The lowest BCUT2D eigenvalue weighted by molar-refractivity contribution is 1.07. The van der Waals surface area contributed by atoms with Crippen molar-refractivity contribution in [3.05, 3.63) is 140 Å². The molecule has 196 valence electrons. The zero-order chi connectivity index (χ0) is 27.9. The summed E-state index contributed by atoms with van der Waals surface area (Å²) in [6, 6.07) is 41.5. The predicted molar refractivity (Wildman–Crippen MR) is 170 cm³/mol. The van der Waals surface area contributed by atoms with Crippen molar-refractivity contribution >= 4 is 32.3 Å². The number of pyridine rings is 2. The molecule has 0 radical (unpaired) electrons. The third-order valence-corrected chi connectivity index (χ3v) is 7.63. The second-order valence-corrected chi connectivity index (χ2v) is 10.3. The predicted octanol–water partition coefficient (Wildman–Crippen LogP) is 8.79. The molecule has 8 rings (SSSR count). The molecule has 3 aromatic heterocycles. The molecule has 0 aliphatic heterocycles. The molecule has 3 heterocycles. The summed E-state index contributed by atoms with van der Waals surface area (Å²) < 4.78 is 0. The van der Waals surface area contributed by atoms with E-state index in [1.54, 1.807) is 0 Å². The second-order valence-electron chi connectivity index (χ2n) is 10.3. The van der Waals surface area contributed by atoms with Crippen molar-refractivity contribution in [1.82, 2.24) is 24.9 Å². The average molecular weight is 538 g/mol. The highest BCUT2D eigenvalue weighted by Gasteiger charge is 2.14. The van der Waals surface area contributed by atoms with E-state index in [1.165, 1.54) is 10.8 Å². The minimum atomic E-state index is 0.579. The fourth-order valence-electron chi connectivity index (χ4n) is 5.44. The SMILES string of the molecule is c1ccc2cc(-c3nc(-c4ccc(-c5cccc6ccncc56)nc4)nc(-c4ccc5ccccc5c4)n3)ccc2c1. The van der Waals surface area contributed by atoms with Gasteiger partial charge in [0.1, 0.15) is 0 Å². The molecule has 0 saturated carbocycles. The summed E-state index contributed by atoms with van der Waals surface area (Å²) in [5.41, 5.74) is 4.61. The highest BCUT2D eigenvalue weighted by Crippen LogP contribution is 2.30. The summed E-state index contributed by atoms with van der Waals surface area (Å²) in [6.07, 6.45) is 5.54. The molecular formula is C37H23N5. The lowest BCUT2D eigenvalue weighted by Gasteiger charge is -2.10. The van der Waals surface area contributed by atoms with E-state index < -0.39 is 0 Å². The van der Waals surface area contributed by atoms with Gasteiger partial charge in [-0.15, -0.1) is 0 Å². The van der Waals surface area contributed by atoms with E-state index in [2.05, 4.69) is 77.8 Å². The van der Waals surface area contributed by atoms with Crippen LogP contribution in [-0.4, -0.2) is 24.9 Å². The smallest absolute Gasteiger partial charge is 0.165 e. The Morgan fingerprint density at radius 2 is 0.976 bits per heavy atom. The summed E-state index contributed by atoms with van der Waals surface area (Å²) >= 11 is 0. The third-order valence-electron chi connectivity index (χ3n) is 7.63. The highest BCUT2D eigenvalue weighted by molar-refractivity contribution is 5.95. The van der Waals surface area contributed by atoms with Crippen LogP contribution in [0.15, 0.2) is 140 Å². The standard InChI is InChI=1S/C37H23N5/c1-3-8-27-20-29(14-12-24(27)6-1)35-40-36(30-15-13-25-7-2-4-9-28(25)21-30)42-37(41-35)31-16-17-34(39-22-31)32-11-5-10-26-18-19-38-23-33(26)32/h1-23H. The Kier molecular flexibility index (Phi) is 5.71. The molecule has 0 N–H and O–H groups in total. The van der Waals surface area contributed by atoms with Crippen molar-refractivity contribution in [2.24, 2.45) is 0 Å². The zero-order valence-electron chi connectivity index (χ0n) is 22.5. The first kappa shape index (κ1) is 24.0. The Hall–Kier alpha value is -5.81. The van der Waals surface area contributed by atoms with Crippen molar-refractivity contribution in [3.63, 3.8) is 0 Å². The van der Waals surface area contributed by atoms with Crippen molar-refractivity contribution in [2.45, 2.75) is 0 Å². The molecule has 0 bridgehead atoms. The van der Waals surface area contributed by atoms with Crippen LogP contribution in [0.3, 0.4) is 0 Å². The van der Waals surface area contributed by atoms with E-state index in [4.69, 9.17) is 19.9 Å². The summed E-state index contributed by atoms with van der Waals surface area (Å²) in [7, 11) is 0. The Bertz CT molecular complexity index is 2150. The van der Waals surface area contributed by atoms with Crippen LogP contribution in [0.5, 0.6) is 0 Å². The van der Waals surface area contributed by atoms with Crippen LogP contribution in [0.1, 0.15) is 0 Å². The quantitative estimate of drug-likeness (QED) is 0.224. The van der Waals surface area contributed by atoms with E-state index in [9.17, 15) is 0 Å². The maximum absolute atomic E-state index is 4.96. The Morgan fingerprint density at radius 1 is 0.405 bits per heavy atom. The van der Waals surface area contributed by atoms with Gasteiger partial charge in [-0.1, -0.05) is 91.0 Å². The van der Waals surface area contributed by atoms with Crippen molar-refractivity contribution in [1.29, 1.82) is 0 Å². The molecule has 8 aromatic rings. The van der Waals surface area contributed by atoms with Gasteiger partial charge in [-0.3, -0.25) is 9.97 Å². The maximum Gasteiger partial charge on any atom is 0.165 e. The molecule has 5 nitrogen and oxygen atoms in total. The summed E-state index contributed by atoms with van der Waals surface area (Å²) in [4.78, 5) is 24.0. The van der Waals surface area contributed by atoms with Gasteiger partial charge in [0.25, 0.3) is 0 Å². The Morgan fingerprint density at radius 3 is 1.60 bits per heavy atom. The molecule has 0 saturated heterocycles. The molecule has 0 aliphatic carbocycles. The number of fused-ring (bicyclic) bond motifs is 3. The molecule has 0 unspecified atom stereocenters. The van der Waals surface area contributed by atoms with Crippen LogP contribution in [0.2, 0.25) is 0 Å². The van der Waals surface area contributed by atoms with Crippen LogP contribution in [0.4, 0.5) is 0 Å². The van der Waals surface area contributed by atoms with E-state index in [1.807, 2.05) is 67.1 Å². The first-order valence-corrected chi connectivity index (χ1v) is 13.8. The van der Waals surface area contributed by atoms with Crippen LogP contribution in [-0.2, 0) is 0 Å². The first-order valence-electron chi connectivity index (χ1n) is 13.8. The summed E-state index contributed by atoms with van der Waals surface area (Å²) in [5.74, 6) is 1.83. The summed E-state index contributed by atoms with van der Waals surface area (Å²) in [6.45, 7) is 0. The fraction of sp³-hybridized carbons (Fsp3) is 0. The van der Waals surface area contributed by atoms with E-state index >= 15 is 0 Å². The van der Waals surface area contributed by atoms with Gasteiger partial charge in [0, 0.05) is 46.2 Å². The van der Waals surface area contributed by atoms with Gasteiger partial charge in [0.05, 0.1) is 5.69 Å². The number of hydrogen-bond acceptors (Lipinski definition) is 5. The van der Waals surface area contributed by atoms with Gasteiger partial charge in [-0.25, -0.2) is 15.0 Å². The van der Waals surface area contributed by atoms with Crippen LogP contribution >= 0.6 is 0 Å². The lowest BCUT2D eigenvalue weighted by Crippen LogP contribution is -2.00. The van der Waals surface area contributed by atoms with Crippen molar-refractivity contribution in [2.75, 3.05) is 0 Å². The second kappa shape index (κ2) is 9.98. The zero-order valence-corrected chi connectivity index (χ0v) is 22.5. The number of rotatable bonds is 4. The van der Waals surface area contributed by atoms with Crippen molar-refractivity contribution < 1.29 is 0 Å². The molecule has 0 aliphatic rings. The van der Waals surface area contributed by atoms with Crippen LogP contribution in [0.25, 0.3) is 77.7 Å². The molecule has 5 aromatic carbocycles. The van der Waals surface area contributed by atoms with E-state index in [0.717, 1.165) is 49.5 Å². The molecule has 0 spiro atoms. The number of nitrogens with zero attached hydrogens (tertiary/aromatic N) is 5. The van der Waals surface area contributed by atoms with Crippen LogP contribution in [0, 0.1) is 0 Å². The average Bonchev–Trinajstić information content (AvgIpc) is 3.07. The fourth-order valence-corrected chi connectivity index (χ4v) is 5.44. The molecule has 0 fully saturated rings. The van der Waals surface area contributed by atoms with Gasteiger partial charge < -0.3 is 0 Å². The topological polar surface area (TPSA) is 64.5 Å². The van der Waals surface area contributed by atoms with Gasteiger partial charge in [0.15, 0.2) is 17.5 Å². The van der Waals surface area contributed by atoms with Gasteiger partial charge in [0.2, 0.25) is 0 Å².